The molecule has 3 nitrogen and oxygen atoms in total. The first-order valence-electron chi connectivity index (χ1n) is 5.71. The third kappa shape index (κ3) is 5.57. The first kappa shape index (κ1) is 12.2. The van der Waals surface area contributed by atoms with Crippen molar-refractivity contribution in [3.63, 3.8) is 0 Å². The number of hydrogen-bond acceptors (Lipinski definition) is 2. The zero-order valence-electron chi connectivity index (χ0n) is 9.97. The Balaban J connectivity index is 2.33. The second-order valence-corrected chi connectivity index (χ2v) is 5.15. The lowest BCUT2D eigenvalue weighted by molar-refractivity contribution is -0.117. The van der Waals surface area contributed by atoms with E-state index in [0.717, 1.165) is 13.0 Å². The topological polar surface area (TPSA) is 41.1 Å². The third-order valence-electron chi connectivity index (χ3n) is 2.33. The zero-order valence-corrected chi connectivity index (χ0v) is 9.97. The van der Waals surface area contributed by atoms with Crippen LogP contribution in [0, 0.1) is 0 Å². The van der Waals surface area contributed by atoms with Gasteiger partial charge in [-0.1, -0.05) is 12.5 Å². The fourth-order valence-corrected chi connectivity index (χ4v) is 1.66. The minimum Gasteiger partial charge on any atom is -0.348 e. The lowest BCUT2D eigenvalue weighted by Gasteiger charge is -2.21. The number of rotatable bonds is 2. The number of carbonyl (C=O) groups excluding carboxylic acids is 1. The minimum atomic E-state index is -0.151. The first-order chi connectivity index (χ1) is 6.97. The standard InChI is InChI=1S/C12H22N2O/c1-12(2,3)14-11(15)8-7-10-6-4-5-9-13-10/h7-8,10,13H,4-6,9H2,1-3H3,(H,14,15)/b8-7-. The highest BCUT2D eigenvalue weighted by atomic mass is 16.1. The number of hydrogen-bond donors (Lipinski definition) is 2. The molecule has 0 aromatic rings. The summed E-state index contributed by atoms with van der Waals surface area (Å²) >= 11 is 0. The van der Waals surface area contributed by atoms with Gasteiger partial charge in [-0.25, -0.2) is 0 Å². The van der Waals surface area contributed by atoms with Crippen molar-refractivity contribution in [2.24, 2.45) is 0 Å². The van der Waals surface area contributed by atoms with Gasteiger partial charge >= 0.3 is 0 Å². The summed E-state index contributed by atoms with van der Waals surface area (Å²) in [6.07, 6.45) is 7.26. The molecule has 0 radical (unpaired) electrons. The van der Waals surface area contributed by atoms with Crippen molar-refractivity contribution in [2.45, 2.75) is 51.6 Å². The summed E-state index contributed by atoms with van der Waals surface area (Å²) in [6.45, 7) is 7.02. The van der Waals surface area contributed by atoms with Crippen LogP contribution in [-0.2, 0) is 4.79 Å². The fraction of sp³-hybridized carbons (Fsp3) is 0.750. The summed E-state index contributed by atoms with van der Waals surface area (Å²) in [4.78, 5) is 11.5. The molecule has 1 aliphatic rings. The molecule has 1 aliphatic heterocycles. The Morgan fingerprint density at radius 1 is 1.40 bits per heavy atom. The van der Waals surface area contributed by atoms with Gasteiger partial charge in [0, 0.05) is 17.7 Å². The van der Waals surface area contributed by atoms with Gasteiger partial charge in [-0.2, -0.15) is 0 Å². The van der Waals surface area contributed by atoms with Crippen LogP contribution in [0.25, 0.3) is 0 Å². The van der Waals surface area contributed by atoms with E-state index in [-0.39, 0.29) is 11.4 Å². The first-order valence-corrected chi connectivity index (χ1v) is 5.71. The second-order valence-electron chi connectivity index (χ2n) is 5.15. The predicted octanol–water partition coefficient (Wildman–Crippen LogP) is 1.60. The van der Waals surface area contributed by atoms with Crippen LogP contribution in [0.2, 0.25) is 0 Å². The Bertz CT molecular complexity index is 234. The average Bonchev–Trinajstić information content (AvgIpc) is 2.14. The number of piperidine rings is 1. The molecule has 1 heterocycles. The Kier molecular flexibility index (Phi) is 4.33. The SMILES string of the molecule is CC(C)(C)NC(=O)/C=C\C1CCCCN1. The van der Waals surface area contributed by atoms with Gasteiger partial charge in [0.1, 0.15) is 0 Å². The van der Waals surface area contributed by atoms with Crippen molar-refractivity contribution in [1.29, 1.82) is 0 Å². The van der Waals surface area contributed by atoms with Crippen molar-refractivity contribution in [3.8, 4) is 0 Å². The van der Waals surface area contributed by atoms with Gasteiger partial charge < -0.3 is 10.6 Å². The molecule has 1 saturated heterocycles. The largest absolute Gasteiger partial charge is 0.348 e. The maximum Gasteiger partial charge on any atom is 0.244 e. The molecule has 0 aromatic heterocycles. The summed E-state index contributed by atoms with van der Waals surface area (Å²) in [5.41, 5.74) is -0.151. The molecular formula is C12H22N2O. The highest BCUT2D eigenvalue weighted by Gasteiger charge is 2.12. The summed E-state index contributed by atoms with van der Waals surface area (Å²) in [5.74, 6) is -0.00475. The molecule has 2 N–H and O–H groups in total. The summed E-state index contributed by atoms with van der Waals surface area (Å²) in [7, 11) is 0. The van der Waals surface area contributed by atoms with E-state index in [1.54, 1.807) is 6.08 Å². The van der Waals surface area contributed by atoms with Crippen LogP contribution < -0.4 is 10.6 Å². The van der Waals surface area contributed by atoms with Crippen LogP contribution in [0.4, 0.5) is 0 Å². The quantitative estimate of drug-likeness (QED) is 0.680. The predicted molar refractivity (Wildman–Crippen MR) is 62.7 cm³/mol. The molecule has 3 heteroatoms. The number of amides is 1. The Morgan fingerprint density at radius 3 is 2.67 bits per heavy atom. The van der Waals surface area contributed by atoms with Crippen LogP contribution in [0.3, 0.4) is 0 Å². The van der Waals surface area contributed by atoms with Gasteiger partial charge in [-0.15, -0.1) is 0 Å². The summed E-state index contributed by atoms with van der Waals surface area (Å²) < 4.78 is 0. The van der Waals surface area contributed by atoms with Gasteiger partial charge in [0.15, 0.2) is 0 Å². The van der Waals surface area contributed by atoms with Crippen LogP contribution >= 0.6 is 0 Å². The summed E-state index contributed by atoms with van der Waals surface area (Å²) in [6, 6.07) is 0.379. The van der Waals surface area contributed by atoms with E-state index >= 15 is 0 Å². The van der Waals surface area contributed by atoms with Gasteiger partial charge in [0.2, 0.25) is 5.91 Å². The zero-order chi connectivity index (χ0) is 11.3. The van der Waals surface area contributed by atoms with Gasteiger partial charge in [0.25, 0.3) is 0 Å². The normalized spacial score (nSPS) is 23.0. The van der Waals surface area contributed by atoms with Crippen LogP contribution in [0.5, 0.6) is 0 Å². The Hall–Kier alpha value is -0.830. The van der Waals surface area contributed by atoms with E-state index in [0.29, 0.717) is 6.04 Å². The van der Waals surface area contributed by atoms with Crippen molar-refractivity contribution in [1.82, 2.24) is 10.6 Å². The molecule has 1 atom stereocenters. The van der Waals surface area contributed by atoms with E-state index < -0.39 is 0 Å². The molecule has 1 rings (SSSR count). The summed E-state index contributed by atoms with van der Waals surface area (Å²) in [5, 5.41) is 6.28. The molecular weight excluding hydrogens is 188 g/mol. The minimum absolute atomic E-state index is 0.00475. The van der Waals surface area contributed by atoms with Crippen LogP contribution in [-0.4, -0.2) is 24.0 Å². The van der Waals surface area contributed by atoms with Crippen molar-refractivity contribution in [3.05, 3.63) is 12.2 Å². The molecule has 86 valence electrons. The fourth-order valence-electron chi connectivity index (χ4n) is 1.66. The maximum atomic E-state index is 11.5. The van der Waals surface area contributed by atoms with Crippen molar-refractivity contribution < 1.29 is 4.79 Å². The smallest absolute Gasteiger partial charge is 0.244 e. The third-order valence-corrected chi connectivity index (χ3v) is 2.33. The maximum absolute atomic E-state index is 11.5. The molecule has 0 saturated carbocycles. The molecule has 0 aliphatic carbocycles. The average molecular weight is 210 g/mol. The number of carbonyl (C=O) groups is 1. The Morgan fingerprint density at radius 2 is 2.13 bits per heavy atom. The van der Waals surface area contributed by atoms with E-state index in [4.69, 9.17) is 0 Å². The monoisotopic (exact) mass is 210 g/mol. The van der Waals surface area contributed by atoms with Gasteiger partial charge in [-0.05, 0) is 40.2 Å². The molecule has 0 spiro atoms. The highest BCUT2D eigenvalue weighted by molar-refractivity contribution is 5.88. The van der Waals surface area contributed by atoms with E-state index in [1.165, 1.54) is 12.8 Å². The van der Waals surface area contributed by atoms with E-state index in [2.05, 4.69) is 10.6 Å². The van der Waals surface area contributed by atoms with E-state index in [9.17, 15) is 4.79 Å². The second kappa shape index (κ2) is 5.31. The van der Waals surface area contributed by atoms with Crippen LogP contribution in [0.15, 0.2) is 12.2 Å². The lowest BCUT2D eigenvalue weighted by atomic mass is 10.0. The highest BCUT2D eigenvalue weighted by Crippen LogP contribution is 2.07. The van der Waals surface area contributed by atoms with Gasteiger partial charge in [-0.3, -0.25) is 4.79 Å². The molecule has 1 fully saturated rings. The van der Waals surface area contributed by atoms with E-state index in [1.807, 2.05) is 26.8 Å². The molecule has 0 bridgehead atoms. The van der Waals surface area contributed by atoms with Gasteiger partial charge in [0.05, 0.1) is 0 Å². The molecule has 1 unspecified atom stereocenters. The number of nitrogens with one attached hydrogen (secondary N) is 2. The van der Waals surface area contributed by atoms with Crippen LogP contribution in [0.1, 0.15) is 40.0 Å². The Labute approximate surface area is 92.3 Å². The van der Waals surface area contributed by atoms with Crippen molar-refractivity contribution >= 4 is 5.91 Å². The molecule has 0 aromatic carbocycles. The molecule has 15 heavy (non-hydrogen) atoms. The van der Waals surface area contributed by atoms with Crippen molar-refractivity contribution in [2.75, 3.05) is 6.54 Å². The lowest BCUT2D eigenvalue weighted by Crippen LogP contribution is -2.40. The molecule has 1 amide bonds.